The van der Waals surface area contributed by atoms with E-state index in [-0.39, 0.29) is 0 Å². The minimum absolute atomic E-state index is 0.475. The lowest BCUT2D eigenvalue weighted by Gasteiger charge is -2.33. The first-order valence-corrected chi connectivity index (χ1v) is 5.64. The maximum absolute atomic E-state index is 3.45. The van der Waals surface area contributed by atoms with E-state index >= 15 is 0 Å². The van der Waals surface area contributed by atoms with Crippen molar-refractivity contribution in [3.8, 4) is 0 Å². The summed E-state index contributed by atoms with van der Waals surface area (Å²) in [5.74, 6) is 0.914. The Morgan fingerprint density at radius 1 is 1.46 bits per heavy atom. The van der Waals surface area contributed by atoms with Crippen molar-refractivity contribution >= 4 is 0 Å². The summed E-state index contributed by atoms with van der Waals surface area (Å²) >= 11 is 0. The molecule has 0 aliphatic carbocycles. The molecule has 0 saturated carbocycles. The number of hydrogen-bond acceptors (Lipinski definition) is 2. The maximum Gasteiger partial charge on any atom is 0.0153 e. The molecule has 0 spiro atoms. The summed E-state index contributed by atoms with van der Waals surface area (Å²) in [5.41, 5.74) is 0.475. The van der Waals surface area contributed by atoms with E-state index in [1.807, 2.05) is 0 Å². The molecule has 1 unspecified atom stereocenters. The van der Waals surface area contributed by atoms with Gasteiger partial charge in [0.25, 0.3) is 0 Å². The van der Waals surface area contributed by atoms with Gasteiger partial charge in [-0.3, -0.25) is 4.90 Å². The third kappa shape index (κ3) is 2.05. The van der Waals surface area contributed by atoms with E-state index in [1.165, 1.54) is 45.4 Å². The van der Waals surface area contributed by atoms with E-state index in [1.54, 1.807) is 0 Å². The van der Waals surface area contributed by atoms with Crippen molar-refractivity contribution in [2.75, 3.05) is 26.2 Å². The quantitative estimate of drug-likeness (QED) is 0.695. The third-order valence-electron chi connectivity index (χ3n) is 3.71. The fourth-order valence-electron chi connectivity index (χ4n) is 2.68. The molecule has 2 rings (SSSR count). The highest BCUT2D eigenvalue weighted by molar-refractivity contribution is 4.89. The van der Waals surface area contributed by atoms with E-state index in [0.29, 0.717) is 5.54 Å². The Bertz CT molecular complexity index is 171. The Morgan fingerprint density at radius 2 is 2.31 bits per heavy atom. The first kappa shape index (κ1) is 9.47. The normalized spacial score (nSPS) is 34.2. The Hall–Kier alpha value is -0.0800. The summed E-state index contributed by atoms with van der Waals surface area (Å²) in [6.45, 7) is 9.90. The van der Waals surface area contributed by atoms with Gasteiger partial charge in [-0.25, -0.2) is 0 Å². The zero-order valence-corrected chi connectivity index (χ0v) is 8.97. The lowest BCUT2D eigenvalue weighted by molar-refractivity contribution is 0.152. The van der Waals surface area contributed by atoms with Gasteiger partial charge in [-0.1, -0.05) is 0 Å². The smallest absolute Gasteiger partial charge is 0.0153 e. The standard InChI is InChI=1S/C11H22N2/c1-11(2)5-3-7-13(11)9-10-4-6-12-8-10/h10,12H,3-9H2,1-2H3. The second kappa shape index (κ2) is 3.58. The van der Waals surface area contributed by atoms with Gasteiger partial charge in [0.2, 0.25) is 0 Å². The zero-order chi connectivity index (χ0) is 9.31. The molecule has 76 valence electrons. The van der Waals surface area contributed by atoms with Gasteiger partial charge in [0.05, 0.1) is 0 Å². The monoisotopic (exact) mass is 182 g/mol. The van der Waals surface area contributed by atoms with Crippen LogP contribution in [0.15, 0.2) is 0 Å². The maximum atomic E-state index is 3.45. The first-order valence-electron chi connectivity index (χ1n) is 5.64. The van der Waals surface area contributed by atoms with Crippen molar-refractivity contribution in [3.05, 3.63) is 0 Å². The van der Waals surface area contributed by atoms with Gasteiger partial charge in [0.15, 0.2) is 0 Å². The average molecular weight is 182 g/mol. The highest BCUT2D eigenvalue weighted by atomic mass is 15.2. The second-order valence-corrected chi connectivity index (χ2v) is 5.22. The van der Waals surface area contributed by atoms with Gasteiger partial charge < -0.3 is 5.32 Å². The van der Waals surface area contributed by atoms with Gasteiger partial charge >= 0.3 is 0 Å². The fraction of sp³-hybridized carbons (Fsp3) is 1.00. The number of nitrogens with one attached hydrogen (secondary N) is 1. The molecule has 0 radical (unpaired) electrons. The van der Waals surface area contributed by atoms with Gasteiger partial charge in [-0.15, -0.1) is 0 Å². The van der Waals surface area contributed by atoms with Crippen molar-refractivity contribution in [2.24, 2.45) is 5.92 Å². The molecule has 0 aromatic carbocycles. The molecule has 2 aliphatic heterocycles. The van der Waals surface area contributed by atoms with Crippen LogP contribution in [0.2, 0.25) is 0 Å². The van der Waals surface area contributed by atoms with Crippen LogP contribution in [0.1, 0.15) is 33.1 Å². The van der Waals surface area contributed by atoms with E-state index in [2.05, 4.69) is 24.1 Å². The summed E-state index contributed by atoms with van der Waals surface area (Å²) in [6.07, 6.45) is 4.16. The highest BCUT2D eigenvalue weighted by Gasteiger charge is 2.33. The molecule has 2 saturated heterocycles. The Kier molecular flexibility index (Phi) is 2.61. The van der Waals surface area contributed by atoms with Crippen LogP contribution >= 0.6 is 0 Å². The van der Waals surface area contributed by atoms with E-state index in [4.69, 9.17) is 0 Å². The first-order chi connectivity index (χ1) is 6.18. The van der Waals surface area contributed by atoms with Crippen LogP contribution in [0.4, 0.5) is 0 Å². The minimum atomic E-state index is 0.475. The van der Waals surface area contributed by atoms with Crippen molar-refractivity contribution in [2.45, 2.75) is 38.6 Å². The summed E-state index contributed by atoms with van der Waals surface area (Å²) in [4.78, 5) is 2.69. The highest BCUT2D eigenvalue weighted by Crippen LogP contribution is 2.29. The predicted octanol–water partition coefficient (Wildman–Crippen LogP) is 1.47. The van der Waals surface area contributed by atoms with Crippen LogP contribution in [-0.4, -0.2) is 36.6 Å². The molecule has 2 heteroatoms. The summed E-state index contributed by atoms with van der Waals surface area (Å²) in [7, 11) is 0. The van der Waals surface area contributed by atoms with Crippen molar-refractivity contribution in [3.63, 3.8) is 0 Å². The van der Waals surface area contributed by atoms with E-state index in [9.17, 15) is 0 Å². The van der Waals surface area contributed by atoms with Crippen LogP contribution in [0.25, 0.3) is 0 Å². The number of nitrogens with zero attached hydrogens (tertiary/aromatic N) is 1. The van der Waals surface area contributed by atoms with E-state index < -0.39 is 0 Å². The topological polar surface area (TPSA) is 15.3 Å². The van der Waals surface area contributed by atoms with Gasteiger partial charge in [-0.05, 0) is 58.7 Å². The molecule has 2 fully saturated rings. The Balaban J connectivity index is 1.86. The zero-order valence-electron chi connectivity index (χ0n) is 8.97. The summed E-state index contributed by atoms with van der Waals surface area (Å²) < 4.78 is 0. The SMILES string of the molecule is CC1(C)CCCN1CC1CCNC1. The van der Waals surface area contributed by atoms with Crippen molar-refractivity contribution < 1.29 is 0 Å². The lowest BCUT2D eigenvalue weighted by atomic mass is 10.0. The van der Waals surface area contributed by atoms with Crippen LogP contribution in [0, 0.1) is 5.92 Å². The van der Waals surface area contributed by atoms with Crippen LogP contribution in [0.5, 0.6) is 0 Å². The number of hydrogen-bond donors (Lipinski definition) is 1. The fourth-order valence-corrected chi connectivity index (χ4v) is 2.68. The molecule has 0 amide bonds. The molecule has 0 bridgehead atoms. The Labute approximate surface area is 81.7 Å². The molecule has 1 N–H and O–H groups in total. The molecule has 2 nitrogen and oxygen atoms in total. The van der Waals surface area contributed by atoms with Crippen LogP contribution in [-0.2, 0) is 0 Å². The molecule has 1 atom stereocenters. The van der Waals surface area contributed by atoms with Gasteiger partial charge in [0, 0.05) is 12.1 Å². The van der Waals surface area contributed by atoms with Crippen molar-refractivity contribution in [1.82, 2.24) is 10.2 Å². The third-order valence-corrected chi connectivity index (χ3v) is 3.71. The number of rotatable bonds is 2. The van der Waals surface area contributed by atoms with Gasteiger partial charge in [-0.2, -0.15) is 0 Å². The minimum Gasteiger partial charge on any atom is -0.316 e. The summed E-state index contributed by atoms with van der Waals surface area (Å²) in [5, 5.41) is 3.45. The lowest BCUT2D eigenvalue weighted by Crippen LogP contribution is -2.41. The average Bonchev–Trinajstić information content (AvgIpc) is 2.63. The number of likely N-dealkylation sites (tertiary alicyclic amines) is 1. The molecular formula is C11H22N2. The molecule has 2 heterocycles. The van der Waals surface area contributed by atoms with Crippen LogP contribution in [0.3, 0.4) is 0 Å². The van der Waals surface area contributed by atoms with Gasteiger partial charge in [0.1, 0.15) is 0 Å². The van der Waals surface area contributed by atoms with E-state index in [0.717, 1.165) is 5.92 Å². The second-order valence-electron chi connectivity index (χ2n) is 5.22. The molecule has 0 aromatic rings. The molecule has 0 aromatic heterocycles. The van der Waals surface area contributed by atoms with Crippen molar-refractivity contribution in [1.29, 1.82) is 0 Å². The predicted molar refractivity (Wildman–Crippen MR) is 55.9 cm³/mol. The Morgan fingerprint density at radius 3 is 2.85 bits per heavy atom. The molecule has 2 aliphatic rings. The molecular weight excluding hydrogens is 160 g/mol. The molecule has 13 heavy (non-hydrogen) atoms. The van der Waals surface area contributed by atoms with Crippen LogP contribution < -0.4 is 5.32 Å². The largest absolute Gasteiger partial charge is 0.316 e. The summed E-state index contributed by atoms with van der Waals surface area (Å²) in [6, 6.07) is 0.